The summed E-state index contributed by atoms with van der Waals surface area (Å²) < 4.78 is 5.65. The molecular weight excluding hydrogens is 1150 g/mol. The fraction of sp³-hybridized carbons (Fsp3) is 0.217. The number of methoxy groups -OCH3 is 1. The van der Waals surface area contributed by atoms with Gasteiger partial charge in [0.05, 0.1) is 11.2 Å². The van der Waals surface area contributed by atoms with Gasteiger partial charge in [0.15, 0.2) is 11.2 Å². The molecular formula is C69H21Br3O5. The van der Waals surface area contributed by atoms with E-state index in [9.17, 15) is 0 Å². The summed E-state index contributed by atoms with van der Waals surface area (Å²) in [5.41, 5.74) is 12.9. The molecule has 0 saturated heterocycles. The molecule has 0 heterocycles. The molecule has 77 heavy (non-hydrogen) atoms. The predicted molar refractivity (Wildman–Crippen MR) is 316 cm³/mol. The third-order valence-electron chi connectivity index (χ3n) is 25.5. The molecule has 8 heteroatoms. The highest BCUT2D eigenvalue weighted by Gasteiger charge is 2.89. The first-order valence-corrected chi connectivity index (χ1v) is 30.2. The Morgan fingerprint density at radius 3 is 0.805 bits per heavy atom. The highest BCUT2D eigenvalue weighted by Crippen LogP contribution is 2.93. The van der Waals surface area contributed by atoms with Crippen molar-refractivity contribution in [3.8, 4) is 0 Å². The molecule has 21 aromatic rings. The van der Waals surface area contributed by atoms with Crippen LogP contribution in [0.25, 0.3) is 215 Å². The van der Waals surface area contributed by atoms with E-state index in [0.717, 1.165) is 5.57 Å². The van der Waals surface area contributed by atoms with Crippen molar-refractivity contribution in [2.24, 2.45) is 0 Å². The summed E-state index contributed by atoms with van der Waals surface area (Å²) in [7, 11) is 2.04. The van der Waals surface area contributed by atoms with Gasteiger partial charge in [-0.25, -0.2) is 19.6 Å². The van der Waals surface area contributed by atoms with E-state index in [2.05, 4.69) is 41.5 Å². The minimum Gasteiger partial charge on any atom is -0.364 e. The van der Waals surface area contributed by atoms with Gasteiger partial charge in [-0.05, 0) is 302 Å². The third kappa shape index (κ3) is 1.96. The summed E-state index contributed by atoms with van der Waals surface area (Å²) in [5.74, 6) is 0. The minimum atomic E-state index is -1.48. The largest absolute Gasteiger partial charge is 0.364 e. The first-order valence-electron chi connectivity index (χ1n) is 27.8. The maximum atomic E-state index is 8.30. The molecule has 6 atom stereocenters. The van der Waals surface area contributed by atoms with E-state index in [1.165, 1.54) is 239 Å². The lowest BCUT2D eigenvalue weighted by molar-refractivity contribution is -0.472. The number of benzene rings is 15. The van der Waals surface area contributed by atoms with Crippen molar-refractivity contribution in [3.05, 3.63) is 77.9 Å². The molecule has 0 N–H and O–H groups in total. The highest BCUT2D eigenvalue weighted by molar-refractivity contribution is 9.10. The number of hydrogen-bond acceptors (Lipinski definition) is 5. The van der Waals surface area contributed by atoms with Crippen molar-refractivity contribution in [2.75, 3.05) is 7.11 Å². The molecule has 0 bridgehead atoms. The SMILES string of the molecule is CO[C@]12C3=C4C5=C6[C@]7(Br)c8c9c%10c%11c(c%12c%13c%14c(c1c1c%15c2c2c%16c%17c(c7c7c8c8c%10c%10c%18c%11c%13c%11c%13c%14c1c1c%14c%15c%16c%15c%16c%17c7c7c8c%10c8c(c%18%11)c(c%131)c(c%14%15)c8c7%16)[C@@]2(OOC(C)(C)C)[C@@]63OOC(C)(C)C)[C@@]4%12Br)[C@@]59Br. The molecule has 0 fully saturated rings. The van der Waals surface area contributed by atoms with E-state index in [0.29, 0.717) is 0 Å². The molecule has 0 amide bonds. The van der Waals surface area contributed by atoms with Crippen LogP contribution in [0.1, 0.15) is 97.2 Å². The van der Waals surface area contributed by atoms with Crippen LogP contribution in [0.15, 0.2) is 22.3 Å². The first-order chi connectivity index (χ1) is 37.2. The molecule has 0 aliphatic heterocycles. The molecule has 11 aliphatic carbocycles. The Morgan fingerprint density at radius 2 is 0.481 bits per heavy atom. The Kier molecular flexibility index (Phi) is 3.42. The van der Waals surface area contributed by atoms with Crippen LogP contribution in [0.3, 0.4) is 0 Å². The van der Waals surface area contributed by atoms with Gasteiger partial charge in [0.2, 0.25) is 0 Å². The first kappa shape index (κ1) is 34.3. The molecule has 5 nitrogen and oxygen atoms in total. The van der Waals surface area contributed by atoms with Crippen LogP contribution >= 0.6 is 47.8 Å². The average Bonchev–Trinajstić information content (AvgIpc) is 1.75. The zero-order chi connectivity index (χ0) is 48.7. The number of ether oxygens (including phenoxy) is 1. The number of rotatable bonds is 5. The van der Waals surface area contributed by atoms with Gasteiger partial charge in [-0.15, -0.1) is 0 Å². The molecule has 32 rings (SSSR count). The summed E-state index contributed by atoms with van der Waals surface area (Å²) in [6.45, 7) is 12.8. The Hall–Kier alpha value is -5.78. The Bertz CT molecular complexity index is 7080. The van der Waals surface area contributed by atoms with Gasteiger partial charge in [0.1, 0.15) is 18.6 Å². The predicted octanol–water partition coefficient (Wildman–Crippen LogP) is 18.1. The summed E-state index contributed by atoms with van der Waals surface area (Å²) in [5, 5.41) is 59.5. The standard InChI is InChI=1S/C69H21Br3O5/c1-62(2,3)74-76-68-56-46-36-26-16-11-9-8-10-12(11)17-25-24-15(10)22-20-13(8)18-19-14(9)21-23(16)33(36)43-41-31(21)30(19)39-38-28(18)29(20)40-42-32(22)34(24)44-45-35(25)37(27(17)26)47(46)57(68)55(45)67(73-7)54(44)52(42)65(71)49(40)48(38)64(70)50(39)51(41)66(72,53(43)56)60-58(64)59(65)61(67)69(60,68)77-75-63(4,5)6/h1-7H3/t64-,65+,66-,67+,68-,69+/m0/s1. The summed E-state index contributed by atoms with van der Waals surface area (Å²) in [6.07, 6.45) is 0. The summed E-state index contributed by atoms with van der Waals surface area (Å²) >= 11 is 15.5. The van der Waals surface area contributed by atoms with Gasteiger partial charge in [0, 0.05) is 40.5 Å². The van der Waals surface area contributed by atoms with Gasteiger partial charge in [-0.3, -0.25) is 0 Å². The number of alkyl halides is 3. The highest BCUT2D eigenvalue weighted by atomic mass is 79.9. The van der Waals surface area contributed by atoms with Crippen molar-refractivity contribution >= 4 is 263 Å². The molecule has 348 valence electrons. The lowest BCUT2D eigenvalue weighted by Crippen LogP contribution is -2.69. The van der Waals surface area contributed by atoms with Crippen LogP contribution in [0, 0.1) is 0 Å². The van der Waals surface area contributed by atoms with Crippen LogP contribution in [-0.4, -0.2) is 23.9 Å². The van der Waals surface area contributed by atoms with Crippen LogP contribution in [0.2, 0.25) is 0 Å². The Labute approximate surface area is 451 Å². The van der Waals surface area contributed by atoms with Gasteiger partial charge in [0.25, 0.3) is 0 Å². The topological polar surface area (TPSA) is 46.2 Å². The zero-order valence-corrected chi connectivity index (χ0v) is 45.9. The molecule has 0 saturated carbocycles. The van der Waals surface area contributed by atoms with E-state index in [-0.39, 0.29) is 0 Å². The second kappa shape index (κ2) is 7.69. The number of hydrogen-bond donors (Lipinski definition) is 0. The van der Waals surface area contributed by atoms with Crippen molar-refractivity contribution in [3.63, 3.8) is 0 Å². The molecule has 0 aromatic heterocycles. The smallest absolute Gasteiger partial charge is 0.195 e. The summed E-state index contributed by atoms with van der Waals surface area (Å²) in [6, 6.07) is 0. The minimum absolute atomic E-state index is 0.704. The van der Waals surface area contributed by atoms with E-state index in [4.69, 9.17) is 72.1 Å². The Balaban J connectivity index is 1.13. The van der Waals surface area contributed by atoms with Crippen LogP contribution in [-0.2, 0) is 48.5 Å². The third-order valence-corrected chi connectivity index (χ3v) is 29.0. The number of allylic oxidation sites excluding steroid dienone is 2. The number of halogens is 3. The fourth-order valence-electron chi connectivity index (χ4n) is 25.3. The monoisotopic (exact) mass is 1170 g/mol. The van der Waals surface area contributed by atoms with Gasteiger partial charge >= 0.3 is 0 Å². The van der Waals surface area contributed by atoms with Gasteiger partial charge in [-0.2, -0.15) is 0 Å². The van der Waals surface area contributed by atoms with E-state index >= 15 is 0 Å². The lowest BCUT2D eigenvalue weighted by atomic mass is 9.50. The van der Waals surface area contributed by atoms with Crippen molar-refractivity contribution in [1.29, 1.82) is 0 Å². The van der Waals surface area contributed by atoms with E-state index in [1.54, 1.807) is 48.5 Å². The normalized spacial score (nSPS) is 30.9. The lowest BCUT2D eigenvalue weighted by Gasteiger charge is -2.62. The average molecular weight is 1170 g/mol. The molecule has 0 unspecified atom stereocenters. The van der Waals surface area contributed by atoms with Crippen LogP contribution in [0.5, 0.6) is 0 Å². The summed E-state index contributed by atoms with van der Waals surface area (Å²) in [4.78, 5) is 31.3. The fourth-order valence-corrected chi connectivity index (χ4v) is 28.9. The molecule has 21 aromatic carbocycles. The maximum Gasteiger partial charge on any atom is 0.195 e. The van der Waals surface area contributed by atoms with Crippen LogP contribution in [0.4, 0.5) is 0 Å². The second-order valence-corrected chi connectivity index (χ2v) is 32.6. The molecule has 0 radical (unpaired) electrons. The molecule has 11 aliphatic rings. The van der Waals surface area contributed by atoms with E-state index < -0.39 is 41.0 Å². The van der Waals surface area contributed by atoms with Crippen LogP contribution < -0.4 is 0 Å². The van der Waals surface area contributed by atoms with Crippen molar-refractivity contribution in [2.45, 2.75) is 82.5 Å². The van der Waals surface area contributed by atoms with Crippen molar-refractivity contribution < 1.29 is 24.3 Å². The quantitative estimate of drug-likeness (QED) is 0.0744. The Morgan fingerprint density at radius 1 is 0.260 bits per heavy atom. The van der Waals surface area contributed by atoms with Crippen molar-refractivity contribution in [1.82, 2.24) is 0 Å². The second-order valence-electron chi connectivity index (χ2n) is 29.0. The van der Waals surface area contributed by atoms with Gasteiger partial charge in [-0.1, -0.05) is 47.8 Å². The zero-order valence-electron chi connectivity index (χ0n) is 41.2. The van der Waals surface area contributed by atoms with Gasteiger partial charge < -0.3 is 4.74 Å². The maximum absolute atomic E-state index is 8.30. The van der Waals surface area contributed by atoms with E-state index in [1.807, 2.05) is 7.11 Å². The molecule has 0 spiro atoms.